The fourth-order valence-corrected chi connectivity index (χ4v) is 2.14. The van der Waals surface area contributed by atoms with Crippen LogP contribution in [0.4, 0.5) is 11.4 Å². The van der Waals surface area contributed by atoms with Gasteiger partial charge in [0.15, 0.2) is 0 Å². The fraction of sp³-hybridized carbons (Fsp3) is 0.600. The predicted molar refractivity (Wildman–Crippen MR) is 85.8 cm³/mol. The first-order valence-corrected chi connectivity index (χ1v) is 7.35. The van der Waals surface area contributed by atoms with Crippen molar-refractivity contribution in [1.82, 2.24) is 0 Å². The van der Waals surface area contributed by atoms with Crippen LogP contribution in [0.3, 0.4) is 0 Å². The van der Waals surface area contributed by atoms with E-state index in [-0.39, 0.29) is 12.5 Å². The van der Waals surface area contributed by atoms with Crippen LogP contribution < -0.4 is 16.2 Å². The lowest BCUT2D eigenvalue weighted by Crippen LogP contribution is -2.46. The first-order chi connectivity index (χ1) is 10.7. The molecule has 0 saturated carbocycles. The minimum atomic E-state index is -1.70. The van der Waals surface area contributed by atoms with E-state index in [1.165, 1.54) is 0 Å². The fourth-order valence-electron chi connectivity index (χ4n) is 2.14. The predicted octanol–water partition coefficient (Wildman–Crippen LogP) is -1.38. The van der Waals surface area contributed by atoms with E-state index < -0.39 is 31.0 Å². The molecule has 8 heteroatoms. The third kappa shape index (κ3) is 4.95. The Balaban J connectivity index is 3.01. The molecule has 4 unspecified atom stereocenters. The summed E-state index contributed by atoms with van der Waals surface area (Å²) in [6, 6.07) is 3.12. The van der Waals surface area contributed by atoms with Crippen LogP contribution >= 0.6 is 0 Å². The SMILES string of the molecule is CC(C)Oc1c(N)ccc(N)c1CC(O)C(O)C(O)C(O)CO. The highest BCUT2D eigenvalue weighted by Crippen LogP contribution is 2.33. The van der Waals surface area contributed by atoms with E-state index in [9.17, 15) is 20.4 Å². The molecule has 0 heterocycles. The Labute approximate surface area is 134 Å². The molecule has 0 spiro atoms. The number of nitrogen functional groups attached to an aromatic ring is 2. The molecule has 0 aliphatic rings. The maximum absolute atomic E-state index is 10.1. The van der Waals surface area contributed by atoms with Crippen molar-refractivity contribution in [1.29, 1.82) is 0 Å². The second-order valence-electron chi connectivity index (χ2n) is 5.72. The van der Waals surface area contributed by atoms with Crippen molar-refractivity contribution < 1.29 is 30.3 Å². The van der Waals surface area contributed by atoms with Crippen molar-refractivity contribution >= 4 is 11.4 Å². The molecule has 0 fully saturated rings. The van der Waals surface area contributed by atoms with Crippen LogP contribution in [0.2, 0.25) is 0 Å². The number of anilines is 2. The van der Waals surface area contributed by atoms with Crippen LogP contribution in [-0.2, 0) is 6.42 Å². The quantitative estimate of drug-likeness (QED) is 0.287. The van der Waals surface area contributed by atoms with E-state index >= 15 is 0 Å². The maximum Gasteiger partial charge on any atom is 0.147 e. The molecule has 0 bridgehead atoms. The van der Waals surface area contributed by atoms with Gasteiger partial charge in [-0.1, -0.05) is 0 Å². The standard InChI is InChI=1S/C15H26N2O6/c1-7(2)23-15-8(9(16)3-4-10(15)17)5-11(19)13(21)14(22)12(20)6-18/h3-4,7,11-14,18-22H,5-6,16-17H2,1-2H3. The average Bonchev–Trinajstić information content (AvgIpc) is 2.51. The summed E-state index contributed by atoms with van der Waals surface area (Å²) >= 11 is 0. The smallest absolute Gasteiger partial charge is 0.147 e. The van der Waals surface area contributed by atoms with Gasteiger partial charge >= 0.3 is 0 Å². The summed E-state index contributed by atoms with van der Waals surface area (Å²) in [6.07, 6.45) is -6.71. The lowest BCUT2D eigenvalue weighted by molar-refractivity contribution is -0.114. The highest BCUT2D eigenvalue weighted by molar-refractivity contribution is 5.66. The van der Waals surface area contributed by atoms with Crippen molar-refractivity contribution in [2.75, 3.05) is 18.1 Å². The molecular weight excluding hydrogens is 304 g/mol. The van der Waals surface area contributed by atoms with Gasteiger partial charge in [-0.3, -0.25) is 0 Å². The molecule has 0 amide bonds. The highest BCUT2D eigenvalue weighted by Gasteiger charge is 2.31. The van der Waals surface area contributed by atoms with Gasteiger partial charge < -0.3 is 41.7 Å². The summed E-state index contributed by atoms with van der Waals surface area (Å²) in [7, 11) is 0. The lowest BCUT2D eigenvalue weighted by atomic mass is 9.96. The number of hydrogen-bond acceptors (Lipinski definition) is 8. The zero-order valence-electron chi connectivity index (χ0n) is 13.3. The molecular formula is C15H26N2O6. The Kier molecular flexibility index (Phi) is 7.04. The molecule has 4 atom stereocenters. The Hall–Kier alpha value is -1.58. The summed E-state index contributed by atoms with van der Waals surface area (Å²) in [4.78, 5) is 0. The van der Waals surface area contributed by atoms with Crippen molar-refractivity contribution in [3.63, 3.8) is 0 Å². The van der Waals surface area contributed by atoms with Crippen LogP contribution in [0.1, 0.15) is 19.4 Å². The van der Waals surface area contributed by atoms with Gasteiger partial charge in [-0.25, -0.2) is 0 Å². The molecule has 0 aromatic heterocycles. The van der Waals surface area contributed by atoms with Gasteiger partial charge in [0.05, 0.1) is 24.5 Å². The van der Waals surface area contributed by atoms with Crippen LogP contribution in [0.25, 0.3) is 0 Å². The largest absolute Gasteiger partial charge is 0.488 e. The molecule has 0 saturated heterocycles. The maximum atomic E-state index is 10.1. The molecule has 23 heavy (non-hydrogen) atoms. The van der Waals surface area contributed by atoms with Gasteiger partial charge in [-0.05, 0) is 26.0 Å². The summed E-state index contributed by atoms with van der Waals surface area (Å²) in [5, 5.41) is 47.8. The molecule has 132 valence electrons. The number of aliphatic hydroxyl groups excluding tert-OH is 5. The topological polar surface area (TPSA) is 162 Å². The van der Waals surface area contributed by atoms with Gasteiger partial charge in [-0.15, -0.1) is 0 Å². The first-order valence-electron chi connectivity index (χ1n) is 7.35. The van der Waals surface area contributed by atoms with E-state index in [4.69, 9.17) is 21.3 Å². The minimum Gasteiger partial charge on any atom is -0.488 e. The molecule has 0 aliphatic carbocycles. The first kappa shape index (κ1) is 19.5. The molecule has 1 aromatic rings. The molecule has 8 nitrogen and oxygen atoms in total. The Morgan fingerprint density at radius 1 is 0.957 bits per heavy atom. The average molecular weight is 330 g/mol. The normalized spacial score (nSPS) is 16.9. The van der Waals surface area contributed by atoms with Gasteiger partial charge in [-0.2, -0.15) is 0 Å². The van der Waals surface area contributed by atoms with Gasteiger partial charge in [0, 0.05) is 17.7 Å². The van der Waals surface area contributed by atoms with E-state index in [0.717, 1.165) is 0 Å². The number of hydrogen-bond donors (Lipinski definition) is 7. The molecule has 1 rings (SSSR count). The molecule has 0 aliphatic heterocycles. The monoisotopic (exact) mass is 330 g/mol. The van der Waals surface area contributed by atoms with Crippen molar-refractivity contribution in [3.8, 4) is 5.75 Å². The Bertz CT molecular complexity index is 511. The van der Waals surface area contributed by atoms with Crippen LogP contribution in [0.5, 0.6) is 5.75 Å². The second kappa shape index (κ2) is 8.32. The number of aliphatic hydroxyl groups is 5. The van der Waals surface area contributed by atoms with E-state index in [0.29, 0.717) is 22.7 Å². The van der Waals surface area contributed by atoms with Crippen LogP contribution in [0, 0.1) is 0 Å². The Morgan fingerprint density at radius 3 is 2.00 bits per heavy atom. The number of nitrogens with two attached hydrogens (primary N) is 2. The summed E-state index contributed by atoms with van der Waals surface area (Å²) in [5.41, 5.74) is 12.8. The van der Waals surface area contributed by atoms with Crippen molar-refractivity contribution in [2.45, 2.75) is 50.8 Å². The van der Waals surface area contributed by atoms with E-state index in [1.807, 2.05) is 0 Å². The third-order valence-electron chi connectivity index (χ3n) is 3.42. The molecule has 9 N–H and O–H groups in total. The second-order valence-corrected chi connectivity index (χ2v) is 5.72. The zero-order chi connectivity index (χ0) is 17.7. The van der Waals surface area contributed by atoms with Crippen LogP contribution in [0.15, 0.2) is 12.1 Å². The van der Waals surface area contributed by atoms with Crippen LogP contribution in [-0.4, -0.2) is 62.7 Å². The zero-order valence-corrected chi connectivity index (χ0v) is 13.3. The number of rotatable bonds is 8. The van der Waals surface area contributed by atoms with Gasteiger partial charge in [0.25, 0.3) is 0 Å². The van der Waals surface area contributed by atoms with Crippen molar-refractivity contribution in [3.05, 3.63) is 17.7 Å². The minimum absolute atomic E-state index is 0.144. The van der Waals surface area contributed by atoms with Gasteiger partial charge in [0.1, 0.15) is 24.1 Å². The number of ether oxygens (including phenoxy) is 1. The van der Waals surface area contributed by atoms with Crippen molar-refractivity contribution in [2.24, 2.45) is 0 Å². The highest BCUT2D eigenvalue weighted by atomic mass is 16.5. The lowest BCUT2D eigenvalue weighted by Gasteiger charge is -2.27. The third-order valence-corrected chi connectivity index (χ3v) is 3.42. The Morgan fingerprint density at radius 2 is 1.48 bits per heavy atom. The molecule has 1 aromatic carbocycles. The van der Waals surface area contributed by atoms with E-state index in [2.05, 4.69) is 0 Å². The summed E-state index contributed by atoms with van der Waals surface area (Å²) in [5.74, 6) is 0.309. The van der Waals surface area contributed by atoms with E-state index in [1.54, 1.807) is 26.0 Å². The van der Waals surface area contributed by atoms with Gasteiger partial charge in [0.2, 0.25) is 0 Å². The summed E-state index contributed by atoms with van der Waals surface area (Å²) in [6.45, 7) is 2.87. The summed E-state index contributed by atoms with van der Waals surface area (Å²) < 4.78 is 5.62. The number of benzene rings is 1. The molecule has 0 radical (unpaired) electrons.